The summed E-state index contributed by atoms with van der Waals surface area (Å²) in [5, 5.41) is 9.20. The molecule has 0 amide bonds. The third-order valence-corrected chi connectivity index (χ3v) is 4.60. The molecule has 1 aromatic rings. The van der Waals surface area contributed by atoms with Crippen LogP contribution in [0.25, 0.3) is 0 Å². The molecule has 7 nitrogen and oxygen atoms in total. The minimum absolute atomic E-state index is 0.120. The van der Waals surface area contributed by atoms with Crippen molar-refractivity contribution in [3.63, 3.8) is 0 Å². The number of carboxylic acids is 1. The number of carbonyl (C=O) groups is 1. The summed E-state index contributed by atoms with van der Waals surface area (Å²) >= 11 is 0. The fourth-order valence-corrected chi connectivity index (χ4v) is 3.23. The van der Waals surface area contributed by atoms with Crippen LogP contribution in [0.1, 0.15) is 30.1 Å². The lowest BCUT2D eigenvalue weighted by Gasteiger charge is -2.15. The predicted octanol–water partition coefficient (Wildman–Crippen LogP) is 1.50. The number of hydrogen-bond donors (Lipinski definition) is 1. The molecule has 1 heterocycles. The molecule has 0 saturated carbocycles. The third-order valence-electron chi connectivity index (χ3n) is 2.93. The van der Waals surface area contributed by atoms with Gasteiger partial charge in [-0.05, 0) is 31.0 Å². The molecule has 1 aromatic carbocycles. The first-order chi connectivity index (χ1) is 9.96. The molecule has 0 spiro atoms. The highest BCUT2D eigenvalue weighted by atomic mass is 32.2. The van der Waals surface area contributed by atoms with Gasteiger partial charge in [0.1, 0.15) is 11.3 Å². The summed E-state index contributed by atoms with van der Waals surface area (Å²) in [6.07, 6.45) is 1.34. The number of hydroxylamine groups is 1. The Morgan fingerprint density at radius 3 is 2.81 bits per heavy atom. The summed E-state index contributed by atoms with van der Waals surface area (Å²) in [6, 6.07) is 3.79. The Kier molecular flexibility index (Phi) is 4.81. The molecule has 116 valence electrons. The van der Waals surface area contributed by atoms with Gasteiger partial charge in [0, 0.05) is 6.54 Å². The van der Waals surface area contributed by atoms with Crippen LogP contribution in [0, 0.1) is 0 Å². The van der Waals surface area contributed by atoms with E-state index < -0.39 is 16.0 Å². The van der Waals surface area contributed by atoms with E-state index in [1.165, 1.54) is 12.1 Å². The SMILES string of the molecule is CCCOc1ccc(S(=O)(=O)N2CCCO2)cc1C(=O)O. The molecule has 0 bridgehead atoms. The van der Waals surface area contributed by atoms with Crippen LogP contribution in [0.4, 0.5) is 0 Å². The van der Waals surface area contributed by atoms with Crippen molar-refractivity contribution in [2.45, 2.75) is 24.7 Å². The summed E-state index contributed by atoms with van der Waals surface area (Å²) in [4.78, 5) is 16.2. The van der Waals surface area contributed by atoms with Crippen molar-refractivity contribution in [3.05, 3.63) is 23.8 Å². The van der Waals surface area contributed by atoms with Crippen molar-refractivity contribution in [2.75, 3.05) is 19.8 Å². The van der Waals surface area contributed by atoms with E-state index in [9.17, 15) is 18.3 Å². The lowest BCUT2D eigenvalue weighted by Crippen LogP contribution is -2.27. The van der Waals surface area contributed by atoms with E-state index in [0.717, 1.165) is 17.0 Å². The van der Waals surface area contributed by atoms with E-state index in [2.05, 4.69) is 0 Å². The van der Waals surface area contributed by atoms with E-state index in [1.807, 2.05) is 6.92 Å². The van der Waals surface area contributed by atoms with E-state index in [4.69, 9.17) is 9.57 Å². The Morgan fingerprint density at radius 2 is 2.24 bits per heavy atom. The first-order valence-corrected chi connectivity index (χ1v) is 8.06. The summed E-state index contributed by atoms with van der Waals surface area (Å²) in [6.45, 7) is 2.85. The van der Waals surface area contributed by atoms with Crippen LogP contribution in [-0.2, 0) is 14.9 Å². The molecule has 1 N–H and O–H groups in total. The fraction of sp³-hybridized carbons (Fsp3) is 0.462. The number of hydrogen-bond acceptors (Lipinski definition) is 5. The second-order valence-corrected chi connectivity index (χ2v) is 6.36. The monoisotopic (exact) mass is 315 g/mol. The maximum absolute atomic E-state index is 12.3. The molecule has 0 unspecified atom stereocenters. The van der Waals surface area contributed by atoms with Crippen LogP contribution in [0.2, 0.25) is 0 Å². The van der Waals surface area contributed by atoms with Gasteiger partial charge >= 0.3 is 5.97 Å². The van der Waals surface area contributed by atoms with Crippen molar-refractivity contribution in [2.24, 2.45) is 0 Å². The van der Waals surface area contributed by atoms with Gasteiger partial charge in [0.05, 0.1) is 18.1 Å². The van der Waals surface area contributed by atoms with E-state index >= 15 is 0 Å². The van der Waals surface area contributed by atoms with E-state index in [-0.39, 0.29) is 22.8 Å². The maximum Gasteiger partial charge on any atom is 0.339 e. The average Bonchev–Trinajstić information content (AvgIpc) is 2.99. The Bertz CT molecular complexity index is 622. The van der Waals surface area contributed by atoms with Crippen LogP contribution < -0.4 is 4.74 Å². The van der Waals surface area contributed by atoms with Gasteiger partial charge in [-0.25, -0.2) is 13.2 Å². The zero-order chi connectivity index (χ0) is 15.5. The summed E-state index contributed by atoms with van der Waals surface area (Å²) in [5.74, 6) is -1.08. The Hall–Kier alpha value is -1.64. The van der Waals surface area contributed by atoms with Crippen molar-refractivity contribution in [1.82, 2.24) is 4.47 Å². The van der Waals surface area contributed by atoms with Gasteiger partial charge in [0.25, 0.3) is 10.0 Å². The lowest BCUT2D eigenvalue weighted by atomic mass is 10.2. The topological polar surface area (TPSA) is 93.1 Å². The van der Waals surface area contributed by atoms with Gasteiger partial charge in [-0.3, -0.25) is 4.84 Å². The number of aromatic carboxylic acids is 1. The van der Waals surface area contributed by atoms with Crippen LogP contribution >= 0.6 is 0 Å². The summed E-state index contributed by atoms with van der Waals surface area (Å²) < 4.78 is 30.8. The quantitative estimate of drug-likeness (QED) is 0.855. The molecule has 2 rings (SSSR count). The fourth-order valence-electron chi connectivity index (χ4n) is 1.91. The number of nitrogens with zero attached hydrogens (tertiary/aromatic N) is 1. The molecule has 1 fully saturated rings. The van der Waals surface area contributed by atoms with Gasteiger partial charge in [-0.1, -0.05) is 11.4 Å². The highest BCUT2D eigenvalue weighted by Gasteiger charge is 2.30. The predicted molar refractivity (Wildman–Crippen MR) is 73.6 cm³/mol. The normalized spacial score (nSPS) is 16.0. The van der Waals surface area contributed by atoms with Crippen molar-refractivity contribution >= 4 is 16.0 Å². The van der Waals surface area contributed by atoms with Gasteiger partial charge < -0.3 is 9.84 Å². The van der Waals surface area contributed by atoms with Crippen LogP contribution in [-0.4, -0.2) is 43.7 Å². The smallest absolute Gasteiger partial charge is 0.339 e. The Morgan fingerprint density at radius 1 is 1.48 bits per heavy atom. The third kappa shape index (κ3) is 3.34. The van der Waals surface area contributed by atoms with Gasteiger partial charge in [0.2, 0.25) is 0 Å². The first kappa shape index (κ1) is 15.7. The minimum Gasteiger partial charge on any atom is -0.493 e. The summed E-state index contributed by atoms with van der Waals surface area (Å²) in [7, 11) is -3.84. The number of ether oxygens (including phenoxy) is 1. The molecule has 1 aliphatic rings. The van der Waals surface area contributed by atoms with Gasteiger partial charge in [-0.15, -0.1) is 0 Å². The Labute approximate surface area is 123 Å². The Balaban J connectivity index is 2.37. The minimum atomic E-state index is -3.84. The number of sulfonamides is 1. The maximum atomic E-state index is 12.3. The highest BCUT2D eigenvalue weighted by molar-refractivity contribution is 7.89. The van der Waals surface area contributed by atoms with Gasteiger partial charge in [-0.2, -0.15) is 0 Å². The number of carboxylic acid groups (broad SMARTS) is 1. The number of rotatable bonds is 6. The molecule has 0 aliphatic carbocycles. The second-order valence-electron chi connectivity index (χ2n) is 4.53. The van der Waals surface area contributed by atoms with Crippen molar-refractivity contribution in [3.8, 4) is 5.75 Å². The number of benzene rings is 1. The molecule has 1 aliphatic heterocycles. The van der Waals surface area contributed by atoms with Crippen molar-refractivity contribution < 1.29 is 27.9 Å². The molecule has 0 radical (unpaired) electrons. The first-order valence-electron chi connectivity index (χ1n) is 6.62. The molecule has 1 saturated heterocycles. The molecule has 0 aromatic heterocycles. The van der Waals surface area contributed by atoms with Crippen LogP contribution in [0.15, 0.2) is 23.1 Å². The van der Waals surface area contributed by atoms with Crippen LogP contribution in [0.3, 0.4) is 0 Å². The lowest BCUT2D eigenvalue weighted by molar-refractivity contribution is -0.0284. The molecule has 8 heteroatoms. The molecule has 0 atom stereocenters. The largest absolute Gasteiger partial charge is 0.493 e. The van der Waals surface area contributed by atoms with Crippen molar-refractivity contribution in [1.29, 1.82) is 0 Å². The zero-order valence-electron chi connectivity index (χ0n) is 11.6. The standard InChI is InChI=1S/C13H17NO6S/c1-2-7-19-12-5-4-10(9-11(12)13(15)16)21(17,18)14-6-3-8-20-14/h4-5,9H,2-3,6-8H2,1H3,(H,15,16). The second kappa shape index (κ2) is 6.42. The molecule has 21 heavy (non-hydrogen) atoms. The van der Waals surface area contributed by atoms with E-state index in [1.54, 1.807) is 0 Å². The van der Waals surface area contributed by atoms with E-state index in [0.29, 0.717) is 19.6 Å². The molecular formula is C13H17NO6S. The average molecular weight is 315 g/mol. The summed E-state index contributed by atoms with van der Waals surface area (Å²) in [5.41, 5.74) is -0.177. The van der Waals surface area contributed by atoms with Crippen LogP contribution in [0.5, 0.6) is 5.75 Å². The zero-order valence-corrected chi connectivity index (χ0v) is 12.4. The molecular weight excluding hydrogens is 298 g/mol. The van der Waals surface area contributed by atoms with Gasteiger partial charge in [0.15, 0.2) is 0 Å². The highest BCUT2D eigenvalue weighted by Crippen LogP contribution is 2.26.